The van der Waals surface area contributed by atoms with Crippen molar-refractivity contribution in [1.29, 1.82) is 0 Å². The lowest BCUT2D eigenvalue weighted by atomic mass is 10.00. The summed E-state index contributed by atoms with van der Waals surface area (Å²) in [5.74, 6) is -0.726. The molecule has 2 heterocycles. The lowest BCUT2D eigenvalue weighted by molar-refractivity contribution is -0.136. The second-order valence-corrected chi connectivity index (χ2v) is 8.59. The lowest BCUT2D eigenvalue weighted by Gasteiger charge is -2.24. The predicted octanol–water partition coefficient (Wildman–Crippen LogP) is 1.77. The van der Waals surface area contributed by atoms with Crippen molar-refractivity contribution in [1.82, 2.24) is 20.0 Å². The van der Waals surface area contributed by atoms with Crippen molar-refractivity contribution in [3.05, 3.63) is 35.9 Å². The Morgan fingerprint density at radius 2 is 1.80 bits per heavy atom. The Morgan fingerprint density at radius 3 is 2.37 bits per heavy atom. The number of nitrogens with zero attached hydrogens (tertiary/aromatic N) is 3. The Kier molecular flexibility index (Phi) is 6.14. The highest BCUT2D eigenvalue weighted by Gasteiger charge is 2.54. The van der Waals surface area contributed by atoms with Gasteiger partial charge in [0.2, 0.25) is 11.8 Å². The van der Waals surface area contributed by atoms with Gasteiger partial charge in [-0.1, -0.05) is 44.2 Å². The Balaban J connectivity index is 1.78. The van der Waals surface area contributed by atoms with Crippen LogP contribution in [0.3, 0.4) is 0 Å². The van der Waals surface area contributed by atoms with E-state index in [1.165, 1.54) is 16.7 Å². The van der Waals surface area contributed by atoms with Crippen molar-refractivity contribution >= 4 is 23.8 Å². The molecule has 1 aromatic carbocycles. The Bertz CT molecular complexity index is 841. The highest BCUT2D eigenvalue weighted by molar-refractivity contribution is 6.03. The van der Waals surface area contributed by atoms with Gasteiger partial charge >= 0.3 is 6.03 Å². The normalized spacial score (nSPS) is 24.3. The van der Waals surface area contributed by atoms with Gasteiger partial charge in [0.1, 0.15) is 12.1 Å². The monoisotopic (exact) mass is 414 g/mol. The molecule has 1 aromatic rings. The van der Waals surface area contributed by atoms with E-state index in [9.17, 15) is 19.2 Å². The Labute approximate surface area is 177 Å². The fourth-order valence-corrected chi connectivity index (χ4v) is 4.09. The summed E-state index contributed by atoms with van der Waals surface area (Å²) >= 11 is 0. The zero-order chi connectivity index (χ0) is 22.2. The molecule has 0 saturated carbocycles. The summed E-state index contributed by atoms with van der Waals surface area (Å²) in [5.41, 5.74) is 0.880. The van der Waals surface area contributed by atoms with Gasteiger partial charge in [-0.3, -0.25) is 19.3 Å². The first-order chi connectivity index (χ1) is 14.1. The molecule has 0 radical (unpaired) electrons. The Morgan fingerprint density at radius 1 is 1.17 bits per heavy atom. The summed E-state index contributed by atoms with van der Waals surface area (Å²) in [4.78, 5) is 54.8. The molecule has 2 aliphatic rings. The number of hydrogen-bond acceptors (Lipinski definition) is 4. The van der Waals surface area contributed by atoms with Crippen molar-refractivity contribution in [3.63, 3.8) is 0 Å². The molecule has 4 atom stereocenters. The zero-order valence-electron chi connectivity index (χ0n) is 18.2. The fourth-order valence-electron chi connectivity index (χ4n) is 4.09. The van der Waals surface area contributed by atoms with Crippen LogP contribution >= 0.6 is 0 Å². The van der Waals surface area contributed by atoms with Crippen LogP contribution in [0.25, 0.3) is 0 Å². The van der Waals surface area contributed by atoms with Crippen LogP contribution in [0.15, 0.2) is 30.3 Å². The maximum absolute atomic E-state index is 13.3. The molecular formula is C22H30N4O4. The summed E-state index contributed by atoms with van der Waals surface area (Å²) in [5, 5.41) is 2.69. The quantitative estimate of drug-likeness (QED) is 0.719. The second-order valence-electron chi connectivity index (χ2n) is 8.59. The molecule has 8 nitrogen and oxygen atoms in total. The molecule has 5 amide bonds. The van der Waals surface area contributed by atoms with Gasteiger partial charge in [0.25, 0.3) is 5.91 Å². The first kappa shape index (κ1) is 21.8. The van der Waals surface area contributed by atoms with Crippen molar-refractivity contribution in [2.75, 3.05) is 13.6 Å². The summed E-state index contributed by atoms with van der Waals surface area (Å²) < 4.78 is 0. The minimum absolute atomic E-state index is 0.181. The first-order valence-electron chi connectivity index (χ1n) is 10.4. The van der Waals surface area contributed by atoms with Crippen LogP contribution in [0.4, 0.5) is 4.79 Å². The maximum atomic E-state index is 13.3. The number of amides is 5. The van der Waals surface area contributed by atoms with E-state index in [4.69, 9.17) is 0 Å². The standard InChI is InChI=1S/C22H30N4O4/c1-13(2)11-17(23-15(4)27)20(28)25-12-18(25)21(29)26-19(14(3)24(5)22(26)30)16-9-7-6-8-10-16/h6-10,13-14,17-19H,11-12H2,1-5H3,(H,23,27)/t14-,17-,18+,19-,25?/m0/s1. The van der Waals surface area contributed by atoms with Crippen molar-refractivity contribution in [2.24, 2.45) is 5.92 Å². The summed E-state index contributed by atoms with van der Waals surface area (Å²) in [7, 11) is 1.68. The van der Waals surface area contributed by atoms with Crippen LogP contribution in [0.5, 0.6) is 0 Å². The average Bonchev–Trinajstić information content (AvgIpc) is 3.45. The summed E-state index contributed by atoms with van der Waals surface area (Å²) in [6.45, 7) is 7.48. The summed E-state index contributed by atoms with van der Waals surface area (Å²) in [6.07, 6.45) is 0.491. The van der Waals surface area contributed by atoms with E-state index < -0.39 is 18.1 Å². The van der Waals surface area contributed by atoms with E-state index in [2.05, 4.69) is 5.32 Å². The van der Waals surface area contributed by atoms with E-state index >= 15 is 0 Å². The van der Waals surface area contributed by atoms with Crippen LogP contribution in [-0.4, -0.2) is 70.2 Å². The number of nitrogens with one attached hydrogen (secondary N) is 1. The van der Waals surface area contributed by atoms with Crippen molar-refractivity contribution in [2.45, 2.75) is 58.3 Å². The largest absolute Gasteiger partial charge is 0.345 e. The molecule has 0 aliphatic carbocycles. The molecule has 162 valence electrons. The minimum Gasteiger partial charge on any atom is -0.345 e. The van der Waals surface area contributed by atoms with Gasteiger partial charge in [-0.25, -0.2) is 4.79 Å². The SMILES string of the molecule is CC(=O)N[C@@H](CC(C)C)C(=O)N1C[C@@H]1C(=O)N1C(=O)N(C)[C@@H](C)[C@H]1c1ccccc1. The number of carbonyl (C=O) groups excluding carboxylic acids is 4. The average molecular weight is 415 g/mol. The topological polar surface area (TPSA) is 89.8 Å². The van der Waals surface area contributed by atoms with Gasteiger partial charge in [0.15, 0.2) is 0 Å². The number of urea groups is 1. The molecule has 2 saturated heterocycles. The fraction of sp³-hybridized carbons (Fsp3) is 0.545. The van der Waals surface area contributed by atoms with Crippen LogP contribution in [0.2, 0.25) is 0 Å². The smallest absolute Gasteiger partial charge is 0.327 e. The maximum Gasteiger partial charge on any atom is 0.327 e. The van der Waals surface area contributed by atoms with E-state index in [0.717, 1.165) is 5.56 Å². The third-order valence-electron chi connectivity index (χ3n) is 5.80. The zero-order valence-corrected chi connectivity index (χ0v) is 18.2. The van der Waals surface area contributed by atoms with E-state index in [0.29, 0.717) is 6.42 Å². The molecule has 3 rings (SSSR count). The predicted molar refractivity (Wildman–Crippen MR) is 111 cm³/mol. The first-order valence-corrected chi connectivity index (χ1v) is 10.4. The molecular weight excluding hydrogens is 384 g/mol. The van der Waals surface area contributed by atoms with Crippen LogP contribution in [0.1, 0.15) is 45.7 Å². The number of hydrogen-bond donors (Lipinski definition) is 1. The lowest BCUT2D eigenvalue weighted by Crippen LogP contribution is -2.46. The highest BCUT2D eigenvalue weighted by Crippen LogP contribution is 2.37. The minimum atomic E-state index is -0.671. The van der Waals surface area contributed by atoms with E-state index in [1.807, 2.05) is 51.1 Å². The number of rotatable bonds is 6. The highest BCUT2D eigenvalue weighted by atomic mass is 16.2. The third-order valence-corrected chi connectivity index (χ3v) is 5.80. The molecule has 2 fully saturated rings. The van der Waals surface area contributed by atoms with Gasteiger partial charge in [0.05, 0.1) is 18.6 Å². The van der Waals surface area contributed by atoms with Crippen molar-refractivity contribution in [3.8, 4) is 0 Å². The van der Waals surface area contributed by atoms with Gasteiger partial charge in [-0.05, 0) is 24.8 Å². The molecule has 0 unspecified atom stereocenters. The molecule has 8 heteroatoms. The second kappa shape index (κ2) is 8.45. The molecule has 0 aromatic heterocycles. The number of likely N-dealkylation sites (N-methyl/N-ethyl adjacent to an activating group) is 1. The molecule has 0 bridgehead atoms. The molecule has 30 heavy (non-hydrogen) atoms. The Hall–Kier alpha value is -2.90. The van der Waals surface area contributed by atoms with Crippen LogP contribution < -0.4 is 5.32 Å². The van der Waals surface area contributed by atoms with Crippen LogP contribution in [-0.2, 0) is 14.4 Å². The van der Waals surface area contributed by atoms with Gasteiger partial charge in [-0.15, -0.1) is 0 Å². The molecule has 0 spiro atoms. The summed E-state index contributed by atoms with van der Waals surface area (Å²) in [6, 6.07) is 7.17. The molecule has 1 N–H and O–H groups in total. The van der Waals surface area contributed by atoms with Gasteiger partial charge in [-0.2, -0.15) is 0 Å². The van der Waals surface area contributed by atoms with E-state index in [1.54, 1.807) is 11.9 Å². The van der Waals surface area contributed by atoms with E-state index in [-0.39, 0.29) is 42.3 Å². The number of benzene rings is 1. The van der Waals surface area contributed by atoms with Crippen LogP contribution in [0, 0.1) is 5.92 Å². The van der Waals surface area contributed by atoms with Crippen molar-refractivity contribution < 1.29 is 19.2 Å². The van der Waals surface area contributed by atoms with Gasteiger partial charge in [0, 0.05) is 14.0 Å². The third kappa shape index (κ3) is 4.17. The number of imide groups is 1. The van der Waals surface area contributed by atoms with Gasteiger partial charge < -0.3 is 15.1 Å². The molecule has 2 aliphatic heterocycles. The number of carbonyl (C=O) groups is 4.